The number of guanidine groups is 1. The summed E-state index contributed by atoms with van der Waals surface area (Å²) in [7, 11) is 0. The quantitative estimate of drug-likeness (QED) is 0.547. The van der Waals surface area contributed by atoms with Crippen LogP contribution in [-0.4, -0.2) is 73.7 Å². The third-order valence-electron chi connectivity index (χ3n) is 6.24. The topological polar surface area (TPSA) is 42.9 Å². The largest absolute Gasteiger partial charge is 0.357 e. The normalized spacial score (nSPS) is 25.3. The molecule has 0 radical (unpaired) electrons. The zero-order chi connectivity index (χ0) is 17.5. The van der Waals surface area contributed by atoms with Crippen molar-refractivity contribution in [1.29, 1.82) is 0 Å². The lowest BCUT2D eigenvalue weighted by atomic mass is 9.94. The molecule has 0 aromatic heterocycles. The van der Waals surface area contributed by atoms with E-state index in [4.69, 9.17) is 4.99 Å². The summed E-state index contributed by atoms with van der Waals surface area (Å²) >= 11 is 0. The molecule has 0 aromatic carbocycles. The van der Waals surface area contributed by atoms with E-state index in [0.717, 1.165) is 31.0 Å². The molecule has 1 saturated carbocycles. The number of hydrogen-bond donors (Lipinski definition) is 2. The van der Waals surface area contributed by atoms with Gasteiger partial charge in [-0.3, -0.25) is 4.99 Å². The van der Waals surface area contributed by atoms with Gasteiger partial charge in [0.2, 0.25) is 0 Å². The zero-order valence-electron chi connectivity index (χ0n) is 16.5. The van der Waals surface area contributed by atoms with Crippen LogP contribution in [0.1, 0.15) is 58.8 Å². The monoisotopic (exact) mass is 349 g/mol. The van der Waals surface area contributed by atoms with Crippen LogP contribution >= 0.6 is 0 Å². The third kappa shape index (κ3) is 6.14. The molecule has 144 valence electrons. The maximum atomic E-state index is 4.87. The molecule has 2 saturated heterocycles. The van der Waals surface area contributed by atoms with E-state index in [2.05, 4.69) is 34.3 Å². The molecule has 25 heavy (non-hydrogen) atoms. The molecule has 2 heterocycles. The Kier molecular flexibility index (Phi) is 7.41. The molecule has 2 N–H and O–H groups in total. The molecule has 0 bridgehead atoms. The van der Waals surface area contributed by atoms with Crippen molar-refractivity contribution in [2.75, 3.05) is 45.8 Å². The summed E-state index contributed by atoms with van der Waals surface area (Å²) in [4.78, 5) is 10.1. The Balaban J connectivity index is 1.37. The van der Waals surface area contributed by atoms with Gasteiger partial charge >= 0.3 is 0 Å². The number of nitrogens with zero attached hydrogens (tertiary/aromatic N) is 3. The highest BCUT2D eigenvalue weighted by molar-refractivity contribution is 5.80. The van der Waals surface area contributed by atoms with Gasteiger partial charge in [-0.1, -0.05) is 6.92 Å². The van der Waals surface area contributed by atoms with Crippen LogP contribution in [-0.2, 0) is 0 Å². The fourth-order valence-corrected chi connectivity index (χ4v) is 4.31. The van der Waals surface area contributed by atoms with E-state index in [1.807, 2.05) is 0 Å². The van der Waals surface area contributed by atoms with Gasteiger partial charge in [-0.2, -0.15) is 0 Å². The van der Waals surface area contributed by atoms with Gasteiger partial charge in [-0.25, -0.2) is 0 Å². The first-order chi connectivity index (χ1) is 12.3. The lowest BCUT2D eigenvalue weighted by molar-refractivity contribution is 0.188. The number of likely N-dealkylation sites (tertiary alicyclic amines) is 2. The van der Waals surface area contributed by atoms with Gasteiger partial charge in [0.1, 0.15) is 0 Å². The Morgan fingerprint density at radius 3 is 2.28 bits per heavy atom. The molecule has 1 aliphatic carbocycles. The van der Waals surface area contributed by atoms with Crippen molar-refractivity contribution < 1.29 is 0 Å². The molecular weight excluding hydrogens is 310 g/mol. The minimum Gasteiger partial charge on any atom is -0.357 e. The Morgan fingerprint density at radius 2 is 1.68 bits per heavy atom. The number of rotatable bonds is 7. The van der Waals surface area contributed by atoms with Gasteiger partial charge in [0.05, 0.1) is 0 Å². The first-order valence-electron chi connectivity index (χ1n) is 10.8. The summed E-state index contributed by atoms with van der Waals surface area (Å²) in [6.07, 6.45) is 9.33. The molecule has 2 aliphatic heterocycles. The minimum atomic E-state index is 0.598. The first kappa shape index (κ1) is 19.0. The fourth-order valence-electron chi connectivity index (χ4n) is 4.31. The predicted molar refractivity (Wildman–Crippen MR) is 106 cm³/mol. The van der Waals surface area contributed by atoms with Gasteiger partial charge in [0.25, 0.3) is 0 Å². The first-order valence-corrected chi connectivity index (χ1v) is 10.8. The second kappa shape index (κ2) is 9.77. The molecule has 0 atom stereocenters. The SMILES string of the molecule is CCNC(=NCCC1CCN(CC)CC1)NC1CCN(C2CC2)CC1. The number of hydrogen-bond acceptors (Lipinski definition) is 3. The van der Waals surface area contributed by atoms with Crippen molar-refractivity contribution in [2.45, 2.75) is 70.9 Å². The van der Waals surface area contributed by atoms with Crippen LogP contribution in [0.15, 0.2) is 4.99 Å². The molecule has 3 rings (SSSR count). The van der Waals surface area contributed by atoms with Gasteiger partial charge in [-0.15, -0.1) is 0 Å². The number of piperidine rings is 2. The Bertz CT molecular complexity index is 404. The second-order valence-electron chi connectivity index (χ2n) is 8.11. The van der Waals surface area contributed by atoms with Gasteiger partial charge in [-0.05, 0) is 77.4 Å². The van der Waals surface area contributed by atoms with Gasteiger partial charge in [0.15, 0.2) is 5.96 Å². The van der Waals surface area contributed by atoms with E-state index in [1.54, 1.807) is 0 Å². The van der Waals surface area contributed by atoms with Crippen LogP contribution in [0.25, 0.3) is 0 Å². The van der Waals surface area contributed by atoms with Crippen LogP contribution in [0.2, 0.25) is 0 Å². The van der Waals surface area contributed by atoms with E-state index in [9.17, 15) is 0 Å². The van der Waals surface area contributed by atoms with Crippen molar-refractivity contribution in [3.8, 4) is 0 Å². The third-order valence-corrected chi connectivity index (χ3v) is 6.24. The summed E-state index contributed by atoms with van der Waals surface area (Å²) in [6.45, 7) is 12.6. The van der Waals surface area contributed by atoms with Crippen LogP contribution in [0.5, 0.6) is 0 Å². The van der Waals surface area contributed by atoms with Crippen LogP contribution in [0.3, 0.4) is 0 Å². The maximum absolute atomic E-state index is 4.87. The molecule has 0 spiro atoms. The highest BCUT2D eigenvalue weighted by Gasteiger charge is 2.31. The molecule has 5 heteroatoms. The van der Waals surface area contributed by atoms with Crippen molar-refractivity contribution in [3.63, 3.8) is 0 Å². The van der Waals surface area contributed by atoms with Crippen LogP contribution in [0, 0.1) is 5.92 Å². The molecule has 3 aliphatic rings. The molecule has 0 amide bonds. The predicted octanol–water partition coefficient (Wildman–Crippen LogP) is 2.29. The minimum absolute atomic E-state index is 0.598. The summed E-state index contributed by atoms with van der Waals surface area (Å²) in [5.74, 6) is 1.91. The smallest absolute Gasteiger partial charge is 0.191 e. The zero-order valence-corrected chi connectivity index (χ0v) is 16.5. The fraction of sp³-hybridized carbons (Fsp3) is 0.950. The number of aliphatic imine (C=N–C) groups is 1. The van der Waals surface area contributed by atoms with Crippen molar-refractivity contribution >= 4 is 5.96 Å². The highest BCUT2D eigenvalue weighted by Crippen LogP contribution is 2.29. The summed E-state index contributed by atoms with van der Waals surface area (Å²) in [5, 5.41) is 7.14. The van der Waals surface area contributed by atoms with E-state index >= 15 is 0 Å². The van der Waals surface area contributed by atoms with Crippen LogP contribution < -0.4 is 10.6 Å². The molecular formula is C20H39N5. The molecule has 3 fully saturated rings. The molecule has 5 nitrogen and oxygen atoms in total. The van der Waals surface area contributed by atoms with Gasteiger partial charge in [0, 0.05) is 38.3 Å². The van der Waals surface area contributed by atoms with E-state index in [-0.39, 0.29) is 0 Å². The van der Waals surface area contributed by atoms with Gasteiger partial charge < -0.3 is 20.4 Å². The standard InChI is InChI=1S/C20H39N5/c1-3-21-20(22-12-7-17-8-13-24(4-2)14-9-17)23-18-10-15-25(16-11-18)19-5-6-19/h17-19H,3-16H2,1-2H3,(H2,21,22,23). The Morgan fingerprint density at radius 1 is 0.960 bits per heavy atom. The maximum Gasteiger partial charge on any atom is 0.191 e. The second-order valence-corrected chi connectivity index (χ2v) is 8.11. The van der Waals surface area contributed by atoms with E-state index in [1.165, 1.54) is 77.7 Å². The average Bonchev–Trinajstić information content (AvgIpc) is 3.48. The Hall–Kier alpha value is -0.810. The highest BCUT2D eigenvalue weighted by atomic mass is 15.2. The average molecular weight is 350 g/mol. The number of nitrogens with one attached hydrogen (secondary N) is 2. The molecule has 0 aromatic rings. The summed E-state index contributed by atoms with van der Waals surface area (Å²) in [6, 6.07) is 1.52. The summed E-state index contributed by atoms with van der Waals surface area (Å²) < 4.78 is 0. The lowest BCUT2D eigenvalue weighted by Gasteiger charge is -2.33. The van der Waals surface area contributed by atoms with Crippen LogP contribution in [0.4, 0.5) is 0 Å². The summed E-state index contributed by atoms with van der Waals surface area (Å²) in [5.41, 5.74) is 0. The van der Waals surface area contributed by atoms with Crippen molar-refractivity contribution in [3.05, 3.63) is 0 Å². The van der Waals surface area contributed by atoms with Crippen molar-refractivity contribution in [1.82, 2.24) is 20.4 Å². The van der Waals surface area contributed by atoms with E-state index < -0.39 is 0 Å². The van der Waals surface area contributed by atoms with Crippen molar-refractivity contribution in [2.24, 2.45) is 10.9 Å². The molecule has 0 unspecified atom stereocenters. The lowest BCUT2D eigenvalue weighted by Crippen LogP contribution is -2.49. The Labute approximate surface area is 154 Å². The van der Waals surface area contributed by atoms with E-state index in [0.29, 0.717) is 6.04 Å².